The van der Waals surface area contributed by atoms with E-state index in [4.69, 9.17) is 9.97 Å². The fraction of sp³-hybridized carbons (Fsp3) is 0. The lowest BCUT2D eigenvalue weighted by Gasteiger charge is -2.31. The standard InChI is InChI=1S/C46H32N2Si/c1-5-15-34(16-6-1)42-32-43(48-46(47-42)36-17-7-2-8-18-36)35-27-25-33(26-28-35)37-29-30-45-41(31-37)40-23-13-14-24-44(40)49(45,38-19-9-3-10-20-38)39-21-11-4-12-22-39/h1-32H. The molecule has 0 bridgehead atoms. The molecule has 0 amide bonds. The van der Waals surface area contributed by atoms with E-state index in [0.29, 0.717) is 0 Å². The Morgan fingerprint density at radius 1 is 0.306 bits per heavy atom. The van der Waals surface area contributed by atoms with E-state index in [0.717, 1.165) is 33.9 Å². The van der Waals surface area contributed by atoms with Gasteiger partial charge in [-0.25, -0.2) is 9.97 Å². The summed E-state index contributed by atoms with van der Waals surface area (Å²) >= 11 is 0. The maximum atomic E-state index is 5.04. The van der Waals surface area contributed by atoms with Crippen LogP contribution in [0.4, 0.5) is 0 Å². The van der Waals surface area contributed by atoms with Crippen LogP contribution in [0.5, 0.6) is 0 Å². The van der Waals surface area contributed by atoms with Gasteiger partial charge in [-0.1, -0.05) is 182 Å². The van der Waals surface area contributed by atoms with Crippen LogP contribution in [-0.2, 0) is 0 Å². The number of benzene rings is 7. The highest BCUT2D eigenvalue weighted by Crippen LogP contribution is 2.34. The summed E-state index contributed by atoms with van der Waals surface area (Å²) in [6.07, 6.45) is 0. The quantitative estimate of drug-likeness (QED) is 0.170. The minimum Gasteiger partial charge on any atom is -0.228 e. The molecule has 0 radical (unpaired) electrons. The first-order chi connectivity index (χ1) is 24.3. The van der Waals surface area contributed by atoms with Gasteiger partial charge in [-0.05, 0) is 55.1 Å². The van der Waals surface area contributed by atoms with Crippen molar-refractivity contribution in [3.05, 3.63) is 194 Å². The highest BCUT2D eigenvalue weighted by molar-refractivity contribution is 7.22. The molecule has 2 nitrogen and oxygen atoms in total. The first-order valence-corrected chi connectivity index (χ1v) is 18.8. The molecule has 0 saturated heterocycles. The third kappa shape index (κ3) is 4.95. The van der Waals surface area contributed by atoms with Gasteiger partial charge in [-0.3, -0.25) is 0 Å². The molecule has 7 aromatic carbocycles. The summed E-state index contributed by atoms with van der Waals surface area (Å²) in [5.74, 6) is 0.725. The predicted molar refractivity (Wildman–Crippen MR) is 206 cm³/mol. The van der Waals surface area contributed by atoms with Crippen LogP contribution in [0.2, 0.25) is 0 Å². The second kappa shape index (κ2) is 12.1. The lowest BCUT2D eigenvalue weighted by molar-refractivity contribution is 1.18. The van der Waals surface area contributed by atoms with E-state index in [1.807, 2.05) is 24.3 Å². The molecule has 3 heteroatoms. The third-order valence-corrected chi connectivity index (χ3v) is 14.7. The Kier molecular flexibility index (Phi) is 7.18. The summed E-state index contributed by atoms with van der Waals surface area (Å²) in [4.78, 5) is 10.0. The van der Waals surface area contributed by atoms with Gasteiger partial charge in [-0.15, -0.1) is 0 Å². The molecule has 49 heavy (non-hydrogen) atoms. The lowest BCUT2D eigenvalue weighted by atomic mass is 9.98. The highest BCUT2D eigenvalue weighted by Gasteiger charge is 2.48. The summed E-state index contributed by atoms with van der Waals surface area (Å²) in [6.45, 7) is 0. The van der Waals surface area contributed by atoms with Crippen molar-refractivity contribution in [1.82, 2.24) is 9.97 Å². The molecule has 1 aliphatic heterocycles. The molecule has 1 aromatic heterocycles. The summed E-state index contributed by atoms with van der Waals surface area (Å²) in [7, 11) is -2.48. The van der Waals surface area contributed by atoms with E-state index in [2.05, 4.69) is 170 Å². The minimum atomic E-state index is -2.48. The summed E-state index contributed by atoms with van der Waals surface area (Å²) < 4.78 is 0. The molecule has 0 fully saturated rings. The van der Waals surface area contributed by atoms with Gasteiger partial charge < -0.3 is 0 Å². The number of rotatable bonds is 6. The van der Waals surface area contributed by atoms with E-state index in [1.165, 1.54) is 43.0 Å². The first kappa shape index (κ1) is 29.0. The van der Waals surface area contributed by atoms with Gasteiger partial charge >= 0.3 is 0 Å². The van der Waals surface area contributed by atoms with Crippen LogP contribution in [0.3, 0.4) is 0 Å². The van der Waals surface area contributed by atoms with Gasteiger partial charge in [0.2, 0.25) is 0 Å². The number of hydrogen-bond donors (Lipinski definition) is 0. The van der Waals surface area contributed by atoms with Crippen molar-refractivity contribution in [2.75, 3.05) is 0 Å². The molecule has 0 aliphatic carbocycles. The molecule has 9 rings (SSSR count). The first-order valence-electron chi connectivity index (χ1n) is 16.8. The number of aromatic nitrogens is 2. The molecule has 0 saturated carbocycles. The van der Waals surface area contributed by atoms with Crippen LogP contribution >= 0.6 is 0 Å². The zero-order valence-corrected chi connectivity index (χ0v) is 27.9. The van der Waals surface area contributed by atoms with Crippen LogP contribution < -0.4 is 20.7 Å². The Balaban J connectivity index is 1.15. The average Bonchev–Trinajstić information content (AvgIpc) is 3.49. The maximum Gasteiger partial charge on any atom is 0.180 e. The van der Waals surface area contributed by atoms with E-state index < -0.39 is 8.07 Å². The Morgan fingerprint density at radius 2 is 0.755 bits per heavy atom. The molecular weight excluding hydrogens is 609 g/mol. The average molecular weight is 641 g/mol. The van der Waals surface area contributed by atoms with E-state index in [9.17, 15) is 0 Å². The SMILES string of the molecule is c1ccc(-c2cc(-c3ccc(-c4ccc5c(c4)-c4ccccc4[Si]5(c4ccccc4)c4ccccc4)cc3)nc(-c3ccccc3)n2)cc1. The Hall–Kier alpha value is -6.16. The second-order valence-electron chi connectivity index (χ2n) is 12.6. The van der Waals surface area contributed by atoms with E-state index >= 15 is 0 Å². The van der Waals surface area contributed by atoms with Crippen molar-refractivity contribution < 1.29 is 0 Å². The highest BCUT2D eigenvalue weighted by atomic mass is 28.3. The molecule has 0 spiro atoms. The minimum absolute atomic E-state index is 0.725. The molecule has 2 heterocycles. The fourth-order valence-electron chi connectivity index (χ4n) is 7.53. The van der Waals surface area contributed by atoms with E-state index in [-0.39, 0.29) is 0 Å². The molecule has 8 aromatic rings. The van der Waals surface area contributed by atoms with Crippen molar-refractivity contribution in [3.8, 4) is 56.2 Å². The maximum absolute atomic E-state index is 5.04. The Morgan fingerprint density at radius 3 is 1.37 bits per heavy atom. The number of nitrogens with zero attached hydrogens (tertiary/aromatic N) is 2. The van der Waals surface area contributed by atoms with Crippen molar-refractivity contribution in [1.29, 1.82) is 0 Å². The van der Waals surface area contributed by atoms with Crippen LogP contribution in [0, 0.1) is 0 Å². The van der Waals surface area contributed by atoms with Crippen LogP contribution in [0.1, 0.15) is 0 Å². The van der Waals surface area contributed by atoms with Crippen LogP contribution in [0.15, 0.2) is 194 Å². The fourth-order valence-corrected chi connectivity index (χ4v) is 12.7. The van der Waals surface area contributed by atoms with Gasteiger partial charge in [0.15, 0.2) is 13.9 Å². The van der Waals surface area contributed by atoms with Gasteiger partial charge in [0.05, 0.1) is 11.4 Å². The number of hydrogen-bond acceptors (Lipinski definition) is 2. The van der Waals surface area contributed by atoms with Crippen LogP contribution in [0.25, 0.3) is 56.2 Å². The normalized spacial score (nSPS) is 12.7. The molecule has 230 valence electrons. The smallest absolute Gasteiger partial charge is 0.180 e. The topological polar surface area (TPSA) is 25.8 Å². The Labute approximate surface area is 288 Å². The summed E-state index contributed by atoms with van der Waals surface area (Å²) in [5, 5.41) is 5.75. The lowest BCUT2D eigenvalue weighted by Crippen LogP contribution is -2.72. The zero-order valence-electron chi connectivity index (χ0n) is 26.9. The predicted octanol–water partition coefficient (Wildman–Crippen LogP) is 8.50. The molecule has 0 atom stereocenters. The zero-order chi connectivity index (χ0) is 32.6. The largest absolute Gasteiger partial charge is 0.228 e. The summed E-state index contributed by atoms with van der Waals surface area (Å²) in [5.41, 5.74) is 10.0. The third-order valence-electron chi connectivity index (χ3n) is 9.80. The molecule has 0 unspecified atom stereocenters. The van der Waals surface area contributed by atoms with Gasteiger partial charge in [-0.2, -0.15) is 0 Å². The van der Waals surface area contributed by atoms with Crippen molar-refractivity contribution in [3.63, 3.8) is 0 Å². The van der Waals surface area contributed by atoms with Gasteiger partial charge in [0.1, 0.15) is 0 Å². The monoisotopic (exact) mass is 640 g/mol. The molecular formula is C46H32N2Si. The van der Waals surface area contributed by atoms with Gasteiger partial charge in [0, 0.05) is 16.7 Å². The van der Waals surface area contributed by atoms with Gasteiger partial charge in [0.25, 0.3) is 0 Å². The van der Waals surface area contributed by atoms with Crippen molar-refractivity contribution in [2.24, 2.45) is 0 Å². The molecule has 0 N–H and O–H groups in total. The van der Waals surface area contributed by atoms with Crippen molar-refractivity contribution >= 4 is 28.8 Å². The molecule has 1 aliphatic rings. The number of fused-ring (bicyclic) bond motifs is 3. The van der Waals surface area contributed by atoms with Crippen LogP contribution in [-0.4, -0.2) is 18.0 Å². The Bertz CT molecular complexity index is 2310. The second-order valence-corrected chi connectivity index (χ2v) is 16.3. The van der Waals surface area contributed by atoms with Crippen molar-refractivity contribution in [2.45, 2.75) is 0 Å². The van der Waals surface area contributed by atoms with E-state index in [1.54, 1.807) is 0 Å². The summed E-state index contributed by atoms with van der Waals surface area (Å²) in [6, 6.07) is 70.0.